The second kappa shape index (κ2) is 4.20. The van der Waals surface area contributed by atoms with E-state index in [1.54, 1.807) is 6.07 Å². The van der Waals surface area contributed by atoms with Crippen LogP contribution in [0.1, 0.15) is 26.7 Å². The van der Waals surface area contributed by atoms with E-state index in [4.69, 9.17) is 5.73 Å². The Kier molecular flexibility index (Phi) is 2.85. The summed E-state index contributed by atoms with van der Waals surface area (Å²) in [6.07, 6.45) is 2.42. The van der Waals surface area contributed by atoms with Crippen molar-refractivity contribution >= 4 is 32.9 Å². The number of halogens is 2. The van der Waals surface area contributed by atoms with E-state index in [1.165, 1.54) is 18.9 Å². The van der Waals surface area contributed by atoms with Crippen LogP contribution in [0.2, 0.25) is 0 Å². The molecule has 0 bridgehead atoms. The molecule has 1 aliphatic carbocycles. The molecule has 1 saturated carbocycles. The van der Waals surface area contributed by atoms with Crippen LogP contribution in [0.25, 0.3) is 11.0 Å². The standard InChI is InChI=1S/C14H17BrFN3/c1-8(2)14(3-4-14)7-19-12-6-10(16)9(15)5-11(12)18-13(19)17/h5-6,8H,3-4,7H2,1-2H3,(H2,17,18). The van der Waals surface area contributed by atoms with Gasteiger partial charge in [0.2, 0.25) is 5.95 Å². The lowest BCUT2D eigenvalue weighted by Gasteiger charge is -2.21. The van der Waals surface area contributed by atoms with Gasteiger partial charge in [-0.3, -0.25) is 0 Å². The third-order valence-corrected chi connectivity index (χ3v) is 5.02. The summed E-state index contributed by atoms with van der Waals surface area (Å²) >= 11 is 3.18. The Labute approximate surface area is 120 Å². The average molecular weight is 326 g/mol. The van der Waals surface area contributed by atoms with Crippen molar-refractivity contribution in [2.45, 2.75) is 33.2 Å². The summed E-state index contributed by atoms with van der Waals surface area (Å²) in [7, 11) is 0. The van der Waals surface area contributed by atoms with Crippen molar-refractivity contribution in [3.8, 4) is 0 Å². The van der Waals surface area contributed by atoms with Crippen molar-refractivity contribution in [2.75, 3.05) is 5.73 Å². The quantitative estimate of drug-likeness (QED) is 0.928. The zero-order chi connectivity index (χ0) is 13.8. The van der Waals surface area contributed by atoms with Gasteiger partial charge in [0, 0.05) is 12.6 Å². The van der Waals surface area contributed by atoms with Crippen molar-refractivity contribution in [3.05, 3.63) is 22.4 Å². The summed E-state index contributed by atoms with van der Waals surface area (Å²) < 4.78 is 16.1. The first kappa shape index (κ1) is 12.9. The van der Waals surface area contributed by atoms with Crippen molar-refractivity contribution in [1.82, 2.24) is 9.55 Å². The molecule has 5 heteroatoms. The predicted molar refractivity (Wildman–Crippen MR) is 78.3 cm³/mol. The van der Waals surface area contributed by atoms with Gasteiger partial charge in [-0.05, 0) is 46.2 Å². The molecule has 1 aromatic heterocycles. The van der Waals surface area contributed by atoms with Crippen molar-refractivity contribution in [2.24, 2.45) is 11.3 Å². The second-order valence-corrected chi connectivity index (χ2v) is 6.68. The van der Waals surface area contributed by atoms with E-state index in [1.807, 2.05) is 4.57 Å². The molecule has 3 rings (SSSR count). The van der Waals surface area contributed by atoms with Crippen molar-refractivity contribution < 1.29 is 4.39 Å². The minimum Gasteiger partial charge on any atom is -0.369 e. The van der Waals surface area contributed by atoms with Crippen LogP contribution in [-0.4, -0.2) is 9.55 Å². The topological polar surface area (TPSA) is 43.8 Å². The minimum atomic E-state index is -0.275. The normalized spacial score (nSPS) is 17.3. The highest BCUT2D eigenvalue weighted by Gasteiger charge is 2.46. The third-order valence-electron chi connectivity index (χ3n) is 4.41. The first-order valence-corrected chi connectivity index (χ1v) is 7.33. The maximum Gasteiger partial charge on any atom is 0.201 e. The third kappa shape index (κ3) is 2.04. The van der Waals surface area contributed by atoms with Crippen LogP contribution in [0.3, 0.4) is 0 Å². The monoisotopic (exact) mass is 325 g/mol. The van der Waals surface area contributed by atoms with Crippen LogP contribution in [-0.2, 0) is 6.54 Å². The van der Waals surface area contributed by atoms with Gasteiger partial charge < -0.3 is 10.3 Å². The fourth-order valence-electron chi connectivity index (χ4n) is 2.70. The second-order valence-electron chi connectivity index (χ2n) is 5.83. The number of hydrogen-bond donors (Lipinski definition) is 1. The number of imidazole rings is 1. The summed E-state index contributed by atoms with van der Waals surface area (Å²) in [5.74, 6) is 0.798. The maximum atomic E-state index is 13.7. The van der Waals surface area contributed by atoms with E-state index in [-0.39, 0.29) is 5.82 Å². The van der Waals surface area contributed by atoms with E-state index in [2.05, 4.69) is 34.8 Å². The van der Waals surface area contributed by atoms with Gasteiger partial charge in [0.15, 0.2) is 0 Å². The molecule has 1 fully saturated rings. The highest BCUT2D eigenvalue weighted by atomic mass is 79.9. The van der Waals surface area contributed by atoms with Gasteiger partial charge in [-0.15, -0.1) is 0 Å². The van der Waals surface area contributed by atoms with E-state index >= 15 is 0 Å². The van der Waals surface area contributed by atoms with Gasteiger partial charge >= 0.3 is 0 Å². The number of hydrogen-bond acceptors (Lipinski definition) is 2. The molecule has 2 N–H and O–H groups in total. The molecule has 3 nitrogen and oxygen atoms in total. The number of benzene rings is 1. The largest absolute Gasteiger partial charge is 0.369 e. The zero-order valence-electron chi connectivity index (χ0n) is 11.1. The predicted octanol–water partition coefficient (Wildman–Crippen LogP) is 3.96. The fourth-order valence-corrected chi connectivity index (χ4v) is 3.03. The molecule has 0 saturated heterocycles. The fraction of sp³-hybridized carbons (Fsp3) is 0.500. The molecule has 1 aromatic carbocycles. The van der Waals surface area contributed by atoms with Crippen molar-refractivity contribution in [3.63, 3.8) is 0 Å². The lowest BCUT2D eigenvalue weighted by Crippen LogP contribution is -2.19. The van der Waals surface area contributed by atoms with Crippen LogP contribution in [0.5, 0.6) is 0 Å². The smallest absolute Gasteiger partial charge is 0.201 e. The average Bonchev–Trinajstić information content (AvgIpc) is 3.06. The SMILES string of the molecule is CC(C)C1(Cn2c(N)nc3cc(Br)c(F)cc32)CC1. The number of rotatable bonds is 3. The molecule has 19 heavy (non-hydrogen) atoms. The lowest BCUT2D eigenvalue weighted by atomic mass is 9.92. The Morgan fingerprint density at radius 3 is 2.74 bits per heavy atom. The first-order chi connectivity index (χ1) is 8.93. The Balaban J connectivity index is 2.08. The number of fused-ring (bicyclic) bond motifs is 1. The highest BCUT2D eigenvalue weighted by molar-refractivity contribution is 9.10. The summed E-state index contributed by atoms with van der Waals surface area (Å²) in [6, 6.07) is 3.20. The number of nitrogen functional groups attached to an aromatic ring is 1. The summed E-state index contributed by atoms with van der Waals surface area (Å²) in [6.45, 7) is 5.30. The molecule has 0 atom stereocenters. The number of aromatic nitrogens is 2. The van der Waals surface area contributed by atoms with Gasteiger partial charge in [0.05, 0.1) is 15.5 Å². The molecule has 0 aliphatic heterocycles. The minimum absolute atomic E-state index is 0.275. The summed E-state index contributed by atoms with van der Waals surface area (Å²) in [5.41, 5.74) is 7.84. The summed E-state index contributed by atoms with van der Waals surface area (Å²) in [4.78, 5) is 4.33. The molecule has 2 aromatic rings. The number of nitrogens with zero attached hydrogens (tertiary/aromatic N) is 2. The van der Waals surface area contributed by atoms with Crippen LogP contribution in [0.4, 0.5) is 10.3 Å². The highest BCUT2D eigenvalue weighted by Crippen LogP contribution is 2.53. The van der Waals surface area contributed by atoms with Gasteiger partial charge in [0.1, 0.15) is 5.82 Å². The Hall–Kier alpha value is -1.10. The van der Waals surface area contributed by atoms with E-state index in [9.17, 15) is 4.39 Å². The van der Waals surface area contributed by atoms with Crippen LogP contribution < -0.4 is 5.73 Å². The number of anilines is 1. The van der Waals surface area contributed by atoms with E-state index in [0.717, 1.165) is 17.6 Å². The molecular weight excluding hydrogens is 309 g/mol. The van der Waals surface area contributed by atoms with Gasteiger partial charge in [-0.1, -0.05) is 13.8 Å². The molecule has 0 spiro atoms. The molecule has 0 unspecified atom stereocenters. The van der Waals surface area contributed by atoms with E-state index in [0.29, 0.717) is 21.8 Å². The Morgan fingerprint density at radius 2 is 2.16 bits per heavy atom. The molecule has 102 valence electrons. The maximum absolute atomic E-state index is 13.7. The van der Waals surface area contributed by atoms with Crippen molar-refractivity contribution in [1.29, 1.82) is 0 Å². The van der Waals surface area contributed by atoms with Crippen LogP contribution in [0.15, 0.2) is 16.6 Å². The molecule has 1 heterocycles. The Bertz CT molecular complexity index is 644. The summed E-state index contributed by atoms with van der Waals surface area (Å²) in [5, 5.41) is 0. The first-order valence-electron chi connectivity index (χ1n) is 6.54. The van der Waals surface area contributed by atoms with Gasteiger partial charge in [0.25, 0.3) is 0 Å². The molecule has 1 aliphatic rings. The number of nitrogens with two attached hydrogens (primary N) is 1. The van der Waals surface area contributed by atoms with Gasteiger partial charge in [-0.25, -0.2) is 9.37 Å². The van der Waals surface area contributed by atoms with Gasteiger partial charge in [-0.2, -0.15) is 0 Å². The zero-order valence-corrected chi connectivity index (χ0v) is 12.7. The lowest BCUT2D eigenvalue weighted by molar-refractivity contribution is 0.314. The van der Waals surface area contributed by atoms with Crippen LogP contribution in [0, 0.1) is 17.2 Å². The van der Waals surface area contributed by atoms with E-state index < -0.39 is 0 Å². The Morgan fingerprint density at radius 1 is 1.47 bits per heavy atom. The molecule has 0 radical (unpaired) electrons. The molecule has 0 amide bonds. The van der Waals surface area contributed by atoms with Crippen LogP contribution >= 0.6 is 15.9 Å². The molecular formula is C14H17BrFN3.